The van der Waals surface area contributed by atoms with E-state index in [9.17, 15) is 18.2 Å². The molecule has 7 nitrogen and oxygen atoms in total. The molecule has 0 saturated carbocycles. The number of halogens is 1. The molecule has 0 unspecified atom stereocenters. The molecule has 4 rings (SSSR count). The third-order valence-corrected chi connectivity index (χ3v) is 7.03. The summed E-state index contributed by atoms with van der Waals surface area (Å²) >= 11 is 0. The molecule has 0 aromatic heterocycles. The van der Waals surface area contributed by atoms with Crippen molar-refractivity contribution in [2.75, 3.05) is 47.5 Å². The smallest absolute Gasteiger partial charge is 0.414 e. The fourth-order valence-electron chi connectivity index (χ4n) is 3.78. The van der Waals surface area contributed by atoms with Gasteiger partial charge in [0.15, 0.2) is 6.10 Å². The molecule has 1 aromatic rings. The van der Waals surface area contributed by atoms with Gasteiger partial charge in [-0.25, -0.2) is 9.18 Å². The van der Waals surface area contributed by atoms with Crippen molar-refractivity contribution in [3.63, 3.8) is 0 Å². The van der Waals surface area contributed by atoms with Gasteiger partial charge in [-0.2, -0.15) is 0 Å². The van der Waals surface area contributed by atoms with Crippen LogP contribution in [0.2, 0.25) is 0 Å². The van der Waals surface area contributed by atoms with Gasteiger partial charge in [-0.15, -0.1) is 0 Å². The van der Waals surface area contributed by atoms with E-state index in [1.807, 2.05) is 4.90 Å². The number of cyclic esters (lactones) is 1. The van der Waals surface area contributed by atoms with Gasteiger partial charge in [-0.3, -0.25) is 13.9 Å². The zero-order valence-electron chi connectivity index (χ0n) is 15.0. The lowest BCUT2D eigenvalue weighted by molar-refractivity contribution is -0.145. The standard InChI is InChI=1S/C18H21FN2O5S/c1-2-16(22)25-7-13-6-21(17(23)26-13)12-3-4-15(14(19)5-12)20-8-18(9-20)10-27(24)11-18/h3-5,13H,2,6-11H2,1H3/t13-/m1/s1. The van der Waals surface area contributed by atoms with Gasteiger partial charge < -0.3 is 14.4 Å². The van der Waals surface area contributed by atoms with Gasteiger partial charge in [0.1, 0.15) is 12.4 Å². The van der Waals surface area contributed by atoms with E-state index in [-0.39, 0.29) is 31.0 Å². The normalized spacial score (nSPS) is 23.8. The van der Waals surface area contributed by atoms with Gasteiger partial charge in [-0.1, -0.05) is 6.92 Å². The minimum Gasteiger partial charge on any atom is -0.462 e. The molecule has 1 aromatic carbocycles. The van der Waals surface area contributed by atoms with E-state index in [1.165, 1.54) is 11.0 Å². The minimum atomic E-state index is -0.715. The lowest BCUT2D eigenvalue weighted by Crippen LogP contribution is -2.67. The van der Waals surface area contributed by atoms with E-state index in [4.69, 9.17) is 9.47 Å². The maximum atomic E-state index is 14.6. The van der Waals surface area contributed by atoms with Gasteiger partial charge in [0.2, 0.25) is 0 Å². The number of esters is 1. The van der Waals surface area contributed by atoms with Crippen molar-refractivity contribution in [2.45, 2.75) is 19.4 Å². The first-order chi connectivity index (χ1) is 12.9. The van der Waals surface area contributed by atoms with E-state index >= 15 is 0 Å². The van der Waals surface area contributed by atoms with Crippen molar-refractivity contribution in [1.82, 2.24) is 0 Å². The number of hydrogen-bond acceptors (Lipinski definition) is 6. The number of ether oxygens (including phenoxy) is 2. The van der Waals surface area contributed by atoms with Crippen LogP contribution in [0.25, 0.3) is 0 Å². The lowest BCUT2D eigenvalue weighted by atomic mass is 9.82. The third kappa shape index (κ3) is 3.40. The van der Waals surface area contributed by atoms with Crippen LogP contribution in [0.4, 0.5) is 20.6 Å². The summed E-state index contributed by atoms with van der Waals surface area (Å²) in [5, 5.41) is 0. The molecule has 1 spiro atoms. The minimum absolute atomic E-state index is 0.00723. The second-order valence-electron chi connectivity index (χ2n) is 7.37. The van der Waals surface area contributed by atoms with Gasteiger partial charge in [0.25, 0.3) is 0 Å². The molecule has 3 saturated heterocycles. The van der Waals surface area contributed by atoms with Crippen LogP contribution in [0.1, 0.15) is 13.3 Å². The first-order valence-corrected chi connectivity index (χ1v) is 10.4. The maximum Gasteiger partial charge on any atom is 0.414 e. The molecule has 0 bridgehead atoms. The van der Waals surface area contributed by atoms with E-state index in [2.05, 4.69) is 0 Å². The van der Waals surface area contributed by atoms with Crippen LogP contribution in [0.3, 0.4) is 0 Å². The third-order valence-electron chi connectivity index (χ3n) is 5.16. The molecule has 0 radical (unpaired) electrons. The summed E-state index contributed by atoms with van der Waals surface area (Å²) < 4.78 is 36.1. The molecule has 3 fully saturated rings. The number of carbonyl (C=O) groups excluding carboxylic acids is 2. The highest BCUT2D eigenvalue weighted by Gasteiger charge is 2.52. The van der Waals surface area contributed by atoms with Crippen LogP contribution in [-0.2, 0) is 25.1 Å². The highest BCUT2D eigenvalue weighted by atomic mass is 32.2. The van der Waals surface area contributed by atoms with Crippen molar-refractivity contribution in [1.29, 1.82) is 0 Å². The van der Waals surface area contributed by atoms with E-state index in [0.717, 1.165) is 0 Å². The van der Waals surface area contributed by atoms with Crippen LogP contribution >= 0.6 is 0 Å². The molecule has 146 valence electrons. The predicted molar refractivity (Wildman–Crippen MR) is 97.8 cm³/mol. The zero-order valence-corrected chi connectivity index (χ0v) is 15.8. The molecule has 0 aliphatic carbocycles. The average molecular weight is 396 g/mol. The zero-order chi connectivity index (χ0) is 19.2. The van der Waals surface area contributed by atoms with Crippen LogP contribution in [0, 0.1) is 11.2 Å². The fraction of sp³-hybridized carbons (Fsp3) is 0.556. The number of rotatable bonds is 5. The number of anilines is 2. The number of nitrogens with zero attached hydrogens (tertiary/aromatic N) is 2. The van der Waals surface area contributed by atoms with E-state index in [0.29, 0.717) is 36.0 Å². The fourth-order valence-corrected chi connectivity index (χ4v) is 5.43. The first kappa shape index (κ1) is 18.2. The van der Waals surface area contributed by atoms with E-state index in [1.54, 1.807) is 19.1 Å². The lowest BCUT2D eigenvalue weighted by Gasteiger charge is -2.55. The average Bonchev–Trinajstić information content (AvgIpc) is 2.96. The van der Waals surface area contributed by atoms with Crippen molar-refractivity contribution < 1.29 is 27.7 Å². The van der Waals surface area contributed by atoms with Crippen LogP contribution in [0.15, 0.2) is 18.2 Å². The number of benzene rings is 1. The summed E-state index contributed by atoms with van der Waals surface area (Å²) in [7, 11) is -0.715. The Morgan fingerprint density at radius 2 is 2.15 bits per heavy atom. The monoisotopic (exact) mass is 396 g/mol. The molecule has 0 N–H and O–H groups in total. The molecule has 3 aliphatic rings. The number of carbonyl (C=O) groups is 2. The Morgan fingerprint density at radius 1 is 1.41 bits per heavy atom. The number of hydrogen-bond donors (Lipinski definition) is 0. The largest absolute Gasteiger partial charge is 0.462 e. The van der Waals surface area contributed by atoms with Gasteiger partial charge >= 0.3 is 12.1 Å². The first-order valence-electron chi connectivity index (χ1n) is 8.92. The summed E-state index contributed by atoms with van der Waals surface area (Å²) in [6, 6.07) is 4.66. The van der Waals surface area contributed by atoms with Crippen LogP contribution < -0.4 is 9.80 Å². The summed E-state index contributed by atoms with van der Waals surface area (Å²) in [6.45, 7) is 3.31. The van der Waals surface area contributed by atoms with Crippen molar-refractivity contribution in [3.8, 4) is 0 Å². The maximum absolute atomic E-state index is 14.6. The summed E-state index contributed by atoms with van der Waals surface area (Å²) in [5.74, 6) is 0.638. The molecule has 1 amide bonds. The Bertz CT molecular complexity index is 801. The molecule has 9 heteroatoms. The van der Waals surface area contributed by atoms with Crippen molar-refractivity contribution in [2.24, 2.45) is 5.41 Å². The Balaban J connectivity index is 1.38. The highest BCUT2D eigenvalue weighted by molar-refractivity contribution is 7.86. The van der Waals surface area contributed by atoms with Crippen molar-refractivity contribution >= 4 is 34.2 Å². The Kier molecular flexibility index (Phi) is 4.57. The predicted octanol–water partition coefficient (Wildman–Crippen LogP) is 1.67. The SMILES string of the molecule is CCC(=O)OC[C@H]1CN(c2ccc(N3CC4(C3)CS(=O)C4)c(F)c2)C(=O)O1. The van der Waals surface area contributed by atoms with Gasteiger partial charge in [0.05, 0.1) is 17.9 Å². The molecule has 27 heavy (non-hydrogen) atoms. The second-order valence-corrected chi connectivity index (χ2v) is 8.83. The van der Waals surface area contributed by atoms with Gasteiger partial charge in [-0.05, 0) is 18.2 Å². The summed E-state index contributed by atoms with van der Waals surface area (Å²) in [5.41, 5.74) is 0.992. The quantitative estimate of drug-likeness (QED) is 0.705. The topological polar surface area (TPSA) is 76.2 Å². The molecule has 3 heterocycles. The highest BCUT2D eigenvalue weighted by Crippen LogP contribution is 2.43. The second kappa shape index (κ2) is 6.78. The van der Waals surface area contributed by atoms with Crippen LogP contribution in [0.5, 0.6) is 0 Å². The van der Waals surface area contributed by atoms with Crippen molar-refractivity contribution in [3.05, 3.63) is 24.0 Å². The summed E-state index contributed by atoms with van der Waals surface area (Å²) in [6.07, 6.45) is -0.893. The van der Waals surface area contributed by atoms with E-state index < -0.39 is 28.8 Å². The Morgan fingerprint density at radius 3 is 2.78 bits per heavy atom. The van der Waals surface area contributed by atoms with Crippen LogP contribution in [-0.4, -0.2) is 60.1 Å². The molecular formula is C18H21FN2O5S. The molecule has 1 atom stereocenters. The Labute approximate surface area is 158 Å². The number of amides is 1. The Hall–Kier alpha value is -2.16. The van der Waals surface area contributed by atoms with Gasteiger partial charge in [0, 0.05) is 47.2 Å². The molecule has 3 aliphatic heterocycles. The summed E-state index contributed by atoms with van der Waals surface area (Å²) in [4.78, 5) is 26.6. The molecular weight excluding hydrogens is 375 g/mol.